The first-order valence-electron chi connectivity index (χ1n) is 6.57. The van der Waals surface area contributed by atoms with Gasteiger partial charge in [0.2, 0.25) is 5.91 Å². The highest BCUT2D eigenvalue weighted by Crippen LogP contribution is 2.24. The first-order chi connectivity index (χ1) is 10.0. The Labute approximate surface area is 123 Å². The lowest BCUT2D eigenvalue weighted by atomic mass is 9.99. The van der Waals surface area contributed by atoms with E-state index in [4.69, 9.17) is 0 Å². The van der Waals surface area contributed by atoms with Gasteiger partial charge in [-0.1, -0.05) is 30.3 Å². The van der Waals surface area contributed by atoms with Crippen LogP contribution in [0.3, 0.4) is 0 Å². The van der Waals surface area contributed by atoms with Gasteiger partial charge in [-0.3, -0.25) is 14.9 Å². The van der Waals surface area contributed by atoms with Crippen LogP contribution in [0.4, 0.5) is 11.4 Å². The van der Waals surface area contributed by atoms with E-state index in [2.05, 4.69) is 0 Å². The molecule has 0 N–H and O–H groups in total. The second-order valence-corrected chi connectivity index (χ2v) is 4.81. The Morgan fingerprint density at radius 1 is 1.14 bits per heavy atom. The van der Waals surface area contributed by atoms with Gasteiger partial charge < -0.3 is 4.90 Å². The molecule has 1 atom stereocenters. The van der Waals surface area contributed by atoms with Crippen molar-refractivity contribution in [2.24, 2.45) is 0 Å². The minimum atomic E-state index is -0.457. The zero-order valence-electron chi connectivity index (χ0n) is 11.9. The molecule has 2 rings (SSSR count). The number of anilines is 1. The lowest BCUT2D eigenvalue weighted by molar-refractivity contribution is -0.384. The maximum atomic E-state index is 12.5. The van der Waals surface area contributed by atoms with E-state index >= 15 is 0 Å². The van der Waals surface area contributed by atoms with Gasteiger partial charge >= 0.3 is 0 Å². The number of non-ortho nitro benzene ring substituents is 1. The molecular formula is C16H16N2O3. The minimum absolute atomic E-state index is 0.00508. The van der Waals surface area contributed by atoms with E-state index in [1.807, 2.05) is 30.3 Å². The van der Waals surface area contributed by atoms with Gasteiger partial charge in [0.15, 0.2) is 0 Å². The number of carbonyl (C=O) groups is 1. The number of nitro groups is 1. The number of rotatable bonds is 4. The van der Waals surface area contributed by atoms with Gasteiger partial charge in [0, 0.05) is 24.9 Å². The van der Waals surface area contributed by atoms with Crippen LogP contribution >= 0.6 is 0 Å². The molecule has 0 saturated carbocycles. The molecule has 0 aliphatic carbocycles. The molecule has 5 nitrogen and oxygen atoms in total. The lowest BCUT2D eigenvalue weighted by Gasteiger charge is -2.21. The molecule has 108 valence electrons. The number of amides is 1. The molecule has 1 amide bonds. The van der Waals surface area contributed by atoms with E-state index in [0.29, 0.717) is 5.56 Å². The average Bonchev–Trinajstić information content (AvgIpc) is 2.53. The third-order valence-electron chi connectivity index (χ3n) is 3.43. The van der Waals surface area contributed by atoms with Crippen LogP contribution < -0.4 is 4.90 Å². The predicted molar refractivity (Wildman–Crippen MR) is 81.4 cm³/mol. The standard InChI is InChI=1S/C16H16N2O3/c1-12(13-7-6-10-15(11-13)18(20)21)16(19)17(2)14-8-4-3-5-9-14/h3-12H,1-2H3/t12-/m1/s1. The zero-order chi connectivity index (χ0) is 15.4. The molecule has 2 aromatic carbocycles. The molecule has 0 aliphatic heterocycles. The van der Waals surface area contributed by atoms with Gasteiger partial charge in [0.1, 0.15) is 0 Å². The third kappa shape index (κ3) is 3.25. The van der Waals surface area contributed by atoms with Crippen molar-refractivity contribution in [1.82, 2.24) is 0 Å². The van der Waals surface area contributed by atoms with Crippen LogP contribution in [0.1, 0.15) is 18.4 Å². The van der Waals surface area contributed by atoms with Crippen molar-refractivity contribution in [3.63, 3.8) is 0 Å². The smallest absolute Gasteiger partial charge is 0.269 e. The largest absolute Gasteiger partial charge is 0.315 e. The summed E-state index contributed by atoms with van der Waals surface area (Å²) in [6, 6.07) is 15.5. The Balaban J connectivity index is 2.23. The molecule has 0 bridgehead atoms. The highest BCUT2D eigenvalue weighted by molar-refractivity contribution is 5.97. The summed E-state index contributed by atoms with van der Waals surface area (Å²) in [5.41, 5.74) is 1.42. The molecule has 21 heavy (non-hydrogen) atoms. The van der Waals surface area contributed by atoms with Crippen molar-refractivity contribution >= 4 is 17.3 Å². The fraction of sp³-hybridized carbons (Fsp3) is 0.188. The zero-order valence-corrected chi connectivity index (χ0v) is 11.9. The third-order valence-corrected chi connectivity index (χ3v) is 3.43. The van der Waals surface area contributed by atoms with Crippen LogP contribution in [0.15, 0.2) is 54.6 Å². The topological polar surface area (TPSA) is 63.5 Å². The number of nitro benzene ring substituents is 1. The van der Waals surface area contributed by atoms with Crippen LogP contribution in [0.25, 0.3) is 0 Å². The molecule has 2 aromatic rings. The Morgan fingerprint density at radius 3 is 2.43 bits per heavy atom. The van der Waals surface area contributed by atoms with Crippen LogP contribution in [0, 0.1) is 10.1 Å². The van der Waals surface area contributed by atoms with E-state index in [1.165, 1.54) is 12.1 Å². The molecule has 0 spiro atoms. The van der Waals surface area contributed by atoms with Crippen molar-refractivity contribution in [1.29, 1.82) is 0 Å². The van der Waals surface area contributed by atoms with Crippen LogP contribution in [0.5, 0.6) is 0 Å². The van der Waals surface area contributed by atoms with Crippen molar-refractivity contribution in [3.05, 3.63) is 70.3 Å². The number of hydrogen-bond donors (Lipinski definition) is 0. The quantitative estimate of drug-likeness (QED) is 0.638. The summed E-state index contributed by atoms with van der Waals surface area (Å²) >= 11 is 0. The van der Waals surface area contributed by atoms with E-state index in [1.54, 1.807) is 31.0 Å². The first-order valence-corrected chi connectivity index (χ1v) is 6.57. The molecule has 0 unspecified atom stereocenters. The molecule has 0 saturated heterocycles. The molecule has 0 fully saturated rings. The van der Waals surface area contributed by atoms with Crippen LogP contribution in [-0.2, 0) is 4.79 Å². The molecule has 0 aromatic heterocycles. The first kappa shape index (κ1) is 14.7. The van der Waals surface area contributed by atoms with Crippen molar-refractivity contribution in [3.8, 4) is 0 Å². The maximum Gasteiger partial charge on any atom is 0.269 e. The fourth-order valence-electron chi connectivity index (χ4n) is 2.12. The van der Waals surface area contributed by atoms with Gasteiger partial charge in [-0.2, -0.15) is 0 Å². The number of likely N-dealkylation sites (N-methyl/N-ethyl adjacent to an activating group) is 1. The Bertz CT molecular complexity index is 656. The Morgan fingerprint density at radius 2 is 1.81 bits per heavy atom. The van der Waals surface area contributed by atoms with Crippen molar-refractivity contribution < 1.29 is 9.72 Å². The summed E-state index contributed by atoms with van der Waals surface area (Å²) < 4.78 is 0. The second kappa shape index (κ2) is 6.17. The van der Waals surface area contributed by atoms with Crippen LogP contribution in [0.2, 0.25) is 0 Å². The average molecular weight is 284 g/mol. The van der Waals surface area contributed by atoms with Gasteiger partial charge in [-0.25, -0.2) is 0 Å². The SMILES string of the molecule is C[C@@H](C(=O)N(C)c1ccccc1)c1cccc([N+](=O)[O-])c1. The normalized spacial score (nSPS) is 11.7. The second-order valence-electron chi connectivity index (χ2n) is 4.81. The van der Waals surface area contributed by atoms with E-state index in [-0.39, 0.29) is 11.6 Å². The number of nitrogens with zero attached hydrogens (tertiary/aromatic N) is 2. The van der Waals surface area contributed by atoms with Crippen molar-refractivity contribution in [2.45, 2.75) is 12.8 Å². The van der Waals surface area contributed by atoms with Gasteiger partial charge in [-0.15, -0.1) is 0 Å². The predicted octanol–water partition coefficient (Wildman–Crippen LogP) is 3.36. The highest BCUT2D eigenvalue weighted by atomic mass is 16.6. The molecule has 0 radical (unpaired) electrons. The lowest BCUT2D eigenvalue weighted by Crippen LogP contribution is -2.30. The minimum Gasteiger partial charge on any atom is -0.315 e. The van der Waals surface area contributed by atoms with Gasteiger partial charge in [0.25, 0.3) is 5.69 Å². The van der Waals surface area contributed by atoms with E-state index in [9.17, 15) is 14.9 Å². The Hall–Kier alpha value is -2.69. The molecule has 0 heterocycles. The Kier molecular flexibility index (Phi) is 4.33. The number of carbonyl (C=O) groups excluding carboxylic acids is 1. The summed E-state index contributed by atoms with van der Waals surface area (Å²) in [6.07, 6.45) is 0. The fourth-order valence-corrected chi connectivity index (χ4v) is 2.12. The molecule has 5 heteroatoms. The molecular weight excluding hydrogens is 268 g/mol. The number of benzene rings is 2. The van der Waals surface area contributed by atoms with E-state index in [0.717, 1.165) is 5.69 Å². The highest BCUT2D eigenvalue weighted by Gasteiger charge is 2.21. The van der Waals surface area contributed by atoms with Gasteiger partial charge in [-0.05, 0) is 24.6 Å². The summed E-state index contributed by atoms with van der Waals surface area (Å²) in [7, 11) is 1.70. The summed E-state index contributed by atoms with van der Waals surface area (Å²) in [5.74, 6) is -0.559. The summed E-state index contributed by atoms with van der Waals surface area (Å²) in [6.45, 7) is 1.75. The van der Waals surface area contributed by atoms with Crippen molar-refractivity contribution in [2.75, 3.05) is 11.9 Å². The number of para-hydroxylation sites is 1. The number of hydrogen-bond acceptors (Lipinski definition) is 3. The summed E-state index contributed by atoms with van der Waals surface area (Å²) in [5, 5.41) is 10.8. The summed E-state index contributed by atoms with van der Waals surface area (Å²) in [4.78, 5) is 24.4. The van der Waals surface area contributed by atoms with Gasteiger partial charge in [0.05, 0.1) is 10.8 Å². The monoisotopic (exact) mass is 284 g/mol. The van der Waals surface area contributed by atoms with E-state index < -0.39 is 10.8 Å². The van der Waals surface area contributed by atoms with Crippen LogP contribution in [-0.4, -0.2) is 17.9 Å². The molecule has 0 aliphatic rings. The maximum absolute atomic E-state index is 12.5.